The van der Waals surface area contributed by atoms with E-state index in [9.17, 15) is 4.79 Å². The molecule has 2 heteroatoms. The smallest absolute Gasteiger partial charge is 0.307 e. The molecule has 0 spiro atoms. The lowest BCUT2D eigenvalue weighted by atomic mass is 10.3. The minimum atomic E-state index is -0.197. The highest BCUT2D eigenvalue weighted by Gasteiger charge is 2.05. The zero-order valence-electron chi connectivity index (χ0n) is 7.09. The van der Waals surface area contributed by atoms with Crippen LogP contribution in [0.4, 0.5) is 0 Å². The number of hydrogen-bond acceptors (Lipinski definition) is 2. The molecule has 0 N–H and O–H groups in total. The number of esters is 1. The highest BCUT2D eigenvalue weighted by atomic mass is 16.5. The summed E-state index contributed by atoms with van der Waals surface area (Å²) < 4.78 is 4.97. The Morgan fingerprint density at radius 2 is 2.36 bits per heavy atom. The van der Waals surface area contributed by atoms with Crippen LogP contribution in [-0.4, -0.2) is 12.1 Å². The number of rotatable bonds is 4. The first-order chi connectivity index (χ1) is 5.20. The molecule has 0 aliphatic heterocycles. The fraction of sp³-hybridized carbons (Fsp3) is 0.667. The topological polar surface area (TPSA) is 26.3 Å². The van der Waals surface area contributed by atoms with Crippen LogP contribution in [0.15, 0.2) is 0 Å². The van der Waals surface area contributed by atoms with E-state index in [2.05, 4.69) is 5.92 Å². The number of carbonyl (C=O) groups is 1. The zero-order valence-corrected chi connectivity index (χ0v) is 7.09. The van der Waals surface area contributed by atoms with Gasteiger partial charge in [-0.05, 0) is 13.3 Å². The van der Waals surface area contributed by atoms with Gasteiger partial charge in [-0.25, -0.2) is 0 Å². The maximum absolute atomic E-state index is 10.9. The van der Waals surface area contributed by atoms with Gasteiger partial charge in [0.05, 0.1) is 12.5 Å². The number of terminal acetylenes is 1. The number of hydrogen-bond donors (Lipinski definition) is 0. The molecule has 0 bridgehead atoms. The van der Waals surface area contributed by atoms with E-state index in [0.717, 1.165) is 6.42 Å². The second-order valence-corrected chi connectivity index (χ2v) is 2.41. The first-order valence-corrected chi connectivity index (χ1v) is 3.83. The van der Waals surface area contributed by atoms with Gasteiger partial charge in [-0.1, -0.05) is 6.92 Å². The summed E-state index contributed by atoms with van der Waals surface area (Å²) in [6, 6.07) is 0. The van der Waals surface area contributed by atoms with Gasteiger partial charge in [0.15, 0.2) is 0 Å². The predicted octanol–water partition coefficient (Wildman–Crippen LogP) is 1.74. The van der Waals surface area contributed by atoms with Crippen LogP contribution < -0.4 is 0 Å². The zero-order chi connectivity index (χ0) is 8.69. The van der Waals surface area contributed by atoms with Crippen molar-refractivity contribution in [3.05, 3.63) is 0 Å². The maximum Gasteiger partial charge on any atom is 0.307 e. The predicted molar refractivity (Wildman–Crippen MR) is 43.9 cm³/mol. The normalized spacial score (nSPS) is 11.7. The lowest BCUT2D eigenvalue weighted by Crippen LogP contribution is -2.13. The molecule has 0 heterocycles. The average molecular weight is 154 g/mol. The summed E-state index contributed by atoms with van der Waals surface area (Å²) in [6.45, 7) is 3.84. The highest BCUT2D eigenvalue weighted by molar-refractivity contribution is 5.69. The van der Waals surface area contributed by atoms with E-state index in [0.29, 0.717) is 12.8 Å². The molecule has 0 aliphatic rings. The van der Waals surface area contributed by atoms with Crippen LogP contribution in [0.5, 0.6) is 0 Å². The molecular weight excluding hydrogens is 140 g/mol. The number of ether oxygens (including phenoxy) is 1. The molecule has 11 heavy (non-hydrogen) atoms. The molecule has 1 unspecified atom stereocenters. The van der Waals surface area contributed by atoms with Crippen LogP contribution in [0, 0.1) is 12.3 Å². The second kappa shape index (κ2) is 5.79. The van der Waals surface area contributed by atoms with E-state index in [4.69, 9.17) is 11.2 Å². The third-order valence-corrected chi connectivity index (χ3v) is 1.38. The van der Waals surface area contributed by atoms with Gasteiger partial charge >= 0.3 is 5.97 Å². The van der Waals surface area contributed by atoms with Gasteiger partial charge in [0.2, 0.25) is 0 Å². The van der Waals surface area contributed by atoms with Gasteiger partial charge in [0.1, 0.15) is 0 Å². The SMILES string of the molecule is C#CCCC(=O)OC(C)CC. The van der Waals surface area contributed by atoms with Crippen LogP contribution in [0.1, 0.15) is 33.1 Å². The molecule has 0 amide bonds. The summed E-state index contributed by atoms with van der Waals surface area (Å²) >= 11 is 0. The van der Waals surface area contributed by atoms with E-state index in [-0.39, 0.29) is 12.1 Å². The summed E-state index contributed by atoms with van der Waals surface area (Å²) in [6.07, 6.45) is 6.65. The first-order valence-electron chi connectivity index (χ1n) is 3.83. The molecule has 2 nitrogen and oxygen atoms in total. The van der Waals surface area contributed by atoms with Crippen LogP contribution in [-0.2, 0) is 9.53 Å². The summed E-state index contributed by atoms with van der Waals surface area (Å²) in [5.74, 6) is 2.19. The Labute approximate surface area is 67.9 Å². The van der Waals surface area contributed by atoms with Crippen LogP contribution in [0.25, 0.3) is 0 Å². The van der Waals surface area contributed by atoms with Crippen LogP contribution in [0.3, 0.4) is 0 Å². The van der Waals surface area contributed by atoms with Crippen molar-refractivity contribution in [2.24, 2.45) is 0 Å². The van der Waals surface area contributed by atoms with Crippen LogP contribution in [0.2, 0.25) is 0 Å². The Bertz CT molecular complexity index is 155. The molecule has 62 valence electrons. The minimum absolute atomic E-state index is 0.0141. The van der Waals surface area contributed by atoms with Gasteiger partial charge in [0.25, 0.3) is 0 Å². The van der Waals surface area contributed by atoms with Crippen molar-refractivity contribution in [3.63, 3.8) is 0 Å². The molecule has 0 aromatic heterocycles. The highest BCUT2D eigenvalue weighted by Crippen LogP contribution is 1.99. The van der Waals surface area contributed by atoms with Crippen molar-refractivity contribution in [3.8, 4) is 12.3 Å². The summed E-state index contributed by atoms with van der Waals surface area (Å²) in [7, 11) is 0. The molecule has 0 radical (unpaired) electrons. The van der Waals surface area contributed by atoms with E-state index in [1.165, 1.54) is 0 Å². The number of carbonyl (C=O) groups excluding carboxylic acids is 1. The van der Waals surface area contributed by atoms with Gasteiger partial charge in [-0.3, -0.25) is 4.79 Å². The molecule has 1 atom stereocenters. The van der Waals surface area contributed by atoms with Crippen LogP contribution >= 0.6 is 0 Å². The largest absolute Gasteiger partial charge is 0.463 e. The lowest BCUT2D eigenvalue weighted by Gasteiger charge is -2.09. The Balaban J connectivity index is 3.45. The van der Waals surface area contributed by atoms with Crippen molar-refractivity contribution in [2.45, 2.75) is 39.2 Å². The van der Waals surface area contributed by atoms with Crippen molar-refractivity contribution in [1.29, 1.82) is 0 Å². The summed E-state index contributed by atoms with van der Waals surface area (Å²) in [5, 5.41) is 0. The van der Waals surface area contributed by atoms with Crippen molar-refractivity contribution < 1.29 is 9.53 Å². The Morgan fingerprint density at radius 3 is 2.82 bits per heavy atom. The Hall–Kier alpha value is -0.970. The molecule has 0 rings (SSSR count). The molecule has 0 saturated heterocycles. The fourth-order valence-electron chi connectivity index (χ4n) is 0.541. The quantitative estimate of drug-likeness (QED) is 0.455. The minimum Gasteiger partial charge on any atom is -0.463 e. The fourth-order valence-corrected chi connectivity index (χ4v) is 0.541. The van der Waals surface area contributed by atoms with Gasteiger partial charge in [-0.15, -0.1) is 12.3 Å². The van der Waals surface area contributed by atoms with Gasteiger partial charge < -0.3 is 4.74 Å². The monoisotopic (exact) mass is 154 g/mol. The van der Waals surface area contributed by atoms with E-state index >= 15 is 0 Å². The molecule has 0 fully saturated rings. The second-order valence-electron chi connectivity index (χ2n) is 2.41. The molecule has 0 aromatic rings. The molecular formula is C9H14O2. The summed E-state index contributed by atoms with van der Waals surface area (Å²) in [4.78, 5) is 10.9. The summed E-state index contributed by atoms with van der Waals surface area (Å²) in [5.41, 5.74) is 0. The van der Waals surface area contributed by atoms with Gasteiger partial charge in [-0.2, -0.15) is 0 Å². The average Bonchev–Trinajstić information content (AvgIpc) is 2.00. The first kappa shape index (κ1) is 10.0. The van der Waals surface area contributed by atoms with E-state index in [1.807, 2.05) is 13.8 Å². The Morgan fingerprint density at radius 1 is 1.73 bits per heavy atom. The standard InChI is InChI=1S/C9H14O2/c1-4-6-7-9(10)11-8(3)5-2/h1,8H,5-7H2,2-3H3. The van der Waals surface area contributed by atoms with E-state index in [1.54, 1.807) is 0 Å². The third-order valence-electron chi connectivity index (χ3n) is 1.38. The van der Waals surface area contributed by atoms with Gasteiger partial charge in [0, 0.05) is 6.42 Å². The molecule has 0 aliphatic carbocycles. The van der Waals surface area contributed by atoms with Crippen molar-refractivity contribution >= 4 is 5.97 Å². The molecule has 0 aromatic carbocycles. The lowest BCUT2D eigenvalue weighted by molar-refractivity contribution is -0.148. The Kier molecular flexibility index (Phi) is 5.28. The van der Waals surface area contributed by atoms with Crippen molar-refractivity contribution in [1.82, 2.24) is 0 Å². The third kappa shape index (κ3) is 5.47. The van der Waals surface area contributed by atoms with Crippen molar-refractivity contribution in [2.75, 3.05) is 0 Å². The molecule has 0 saturated carbocycles. The maximum atomic E-state index is 10.9. The van der Waals surface area contributed by atoms with E-state index < -0.39 is 0 Å².